The number of methoxy groups -OCH3 is 1. The molecule has 13 nitrogen and oxygen atoms in total. The van der Waals surface area contributed by atoms with Gasteiger partial charge in [0.05, 0.1) is 57.4 Å². The van der Waals surface area contributed by atoms with E-state index in [9.17, 15) is 30.3 Å². The van der Waals surface area contributed by atoms with Crippen molar-refractivity contribution in [3.05, 3.63) is 23.5 Å². The molecule has 7 N–H and O–H groups in total. The van der Waals surface area contributed by atoms with Crippen molar-refractivity contribution in [1.29, 1.82) is 0 Å². The number of aliphatic hydroxyl groups excluding tert-OH is 7. The van der Waals surface area contributed by atoms with E-state index in [4.69, 9.17) is 33.9 Å². The van der Waals surface area contributed by atoms with Crippen molar-refractivity contribution in [3.63, 3.8) is 0 Å². The van der Waals surface area contributed by atoms with Gasteiger partial charge >= 0.3 is 5.97 Å². The largest absolute Gasteiger partial charge is 0.471 e. The molecule has 188 valence electrons. The molecular formula is C20H30O13. The van der Waals surface area contributed by atoms with Gasteiger partial charge in [-0.1, -0.05) is 6.08 Å². The first-order valence-electron chi connectivity index (χ1n) is 10.4. The summed E-state index contributed by atoms with van der Waals surface area (Å²) >= 11 is 0. The Hall–Kier alpha value is -1.65. The van der Waals surface area contributed by atoms with Crippen LogP contribution in [0.4, 0.5) is 0 Å². The van der Waals surface area contributed by atoms with E-state index in [2.05, 4.69) is 0 Å². The number of hydrogen-bond donors (Lipinski definition) is 7. The van der Waals surface area contributed by atoms with Crippen LogP contribution in [0, 0.1) is 11.8 Å². The summed E-state index contributed by atoms with van der Waals surface area (Å²) in [5.74, 6) is -2.43. The van der Waals surface area contributed by atoms with Crippen molar-refractivity contribution in [2.45, 2.75) is 49.2 Å². The second-order valence-electron chi connectivity index (χ2n) is 7.98. The molecule has 2 aliphatic heterocycles. The quantitative estimate of drug-likeness (QED) is 0.125. The molecule has 0 bridgehead atoms. The zero-order chi connectivity index (χ0) is 24.3. The molecule has 0 radical (unpaired) electrons. The van der Waals surface area contributed by atoms with E-state index < -0.39 is 86.8 Å². The molecule has 0 saturated carbocycles. The van der Waals surface area contributed by atoms with Gasteiger partial charge in [-0.3, -0.25) is 0 Å². The van der Waals surface area contributed by atoms with Crippen LogP contribution in [0.15, 0.2) is 23.5 Å². The molecule has 0 aromatic carbocycles. The van der Waals surface area contributed by atoms with Gasteiger partial charge < -0.3 is 59.4 Å². The summed E-state index contributed by atoms with van der Waals surface area (Å²) in [5, 5.41) is 69.3. The lowest BCUT2D eigenvalue weighted by molar-refractivity contribution is -0.342. The number of fused-ring (bicyclic) bond motifs is 1. The molecule has 0 amide bonds. The third-order valence-electron chi connectivity index (χ3n) is 5.99. The number of carbonyl (C=O) groups is 1. The highest BCUT2D eigenvalue weighted by molar-refractivity contribution is 5.89. The van der Waals surface area contributed by atoms with Gasteiger partial charge in [-0.05, 0) is 5.57 Å². The number of aliphatic hydroxyl groups is 7. The maximum absolute atomic E-state index is 12.1. The van der Waals surface area contributed by atoms with Gasteiger partial charge in [-0.15, -0.1) is 0 Å². The Bertz CT molecular complexity index is 735. The first-order chi connectivity index (χ1) is 15.8. The van der Waals surface area contributed by atoms with Gasteiger partial charge in [0.15, 0.2) is 6.29 Å². The highest BCUT2D eigenvalue weighted by atomic mass is 16.8. The Morgan fingerprint density at radius 2 is 1.73 bits per heavy atom. The topological polar surface area (TPSA) is 205 Å². The fraction of sp³-hybridized carbons (Fsp3) is 0.750. The van der Waals surface area contributed by atoms with Crippen molar-refractivity contribution in [2.24, 2.45) is 11.8 Å². The second kappa shape index (κ2) is 11.2. The molecule has 1 fully saturated rings. The number of esters is 1. The normalized spacial score (nSPS) is 38.4. The average Bonchev–Trinajstić information content (AvgIpc) is 3.17. The van der Waals surface area contributed by atoms with Crippen LogP contribution < -0.4 is 0 Å². The van der Waals surface area contributed by atoms with Crippen molar-refractivity contribution in [1.82, 2.24) is 0 Å². The van der Waals surface area contributed by atoms with Crippen molar-refractivity contribution >= 4 is 5.97 Å². The monoisotopic (exact) mass is 478 g/mol. The molecule has 1 saturated heterocycles. The van der Waals surface area contributed by atoms with Gasteiger partial charge in [0.25, 0.3) is 0 Å². The van der Waals surface area contributed by atoms with Crippen LogP contribution in [-0.4, -0.2) is 124 Å². The fourth-order valence-corrected chi connectivity index (χ4v) is 4.17. The SMILES string of the molecule is COC(=O)C1=COC(OC2OC(COC(CO)CO)C(O)C(O)C2O)C2C(CO)=CC(O)C12. The van der Waals surface area contributed by atoms with Crippen molar-refractivity contribution in [3.8, 4) is 0 Å². The van der Waals surface area contributed by atoms with Gasteiger partial charge in [0.2, 0.25) is 6.29 Å². The molecule has 3 rings (SSSR count). The summed E-state index contributed by atoms with van der Waals surface area (Å²) in [6, 6.07) is 0. The molecule has 3 aliphatic rings. The lowest BCUT2D eigenvalue weighted by Crippen LogP contribution is -2.60. The van der Waals surface area contributed by atoms with Crippen LogP contribution in [0.2, 0.25) is 0 Å². The van der Waals surface area contributed by atoms with Crippen LogP contribution in [-0.2, 0) is 28.5 Å². The lowest BCUT2D eigenvalue weighted by Gasteiger charge is -2.43. The van der Waals surface area contributed by atoms with Crippen LogP contribution in [0.25, 0.3) is 0 Å². The van der Waals surface area contributed by atoms with Gasteiger partial charge in [-0.25, -0.2) is 4.79 Å². The molecule has 13 heteroatoms. The van der Waals surface area contributed by atoms with Gasteiger partial charge in [0, 0.05) is 5.92 Å². The summed E-state index contributed by atoms with van der Waals surface area (Å²) in [6.07, 6.45) is -8.59. The first kappa shape index (κ1) is 26.0. The molecule has 0 aromatic heterocycles. The highest BCUT2D eigenvalue weighted by Crippen LogP contribution is 2.44. The highest BCUT2D eigenvalue weighted by Gasteiger charge is 2.52. The summed E-state index contributed by atoms with van der Waals surface area (Å²) < 4.78 is 26.8. The molecule has 0 aromatic rings. The van der Waals surface area contributed by atoms with Gasteiger partial charge in [-0.2, -0.15) is 0 Å². The number of carbonyl (C=O) groups excluding carboxylic acids is 1. The summed E-state index contributed by atoms with van der Waals surface area (Å²) in [6.45, 7) is -1.79. The van der Waals surface area contributed by atoms with E-state index in [1.807, 2.05) is 0 Å². The zero-order valence-corrected chi connectivity index (χ0v) is 17.8. The molecule has 9 unspecified atom stereocenters. The fourth-order valence-electron chi connectivity index (χ4n) is 4.17. The molecule has 0 spiro atoms. The van der Waals surface area contributed by atoms with Crippen molar-refractivity contribution < 1.29 is 64.2 Å². The van der Waals surface area contributed by atoms with E-state index in [0.29, 0.717) is 5.57 Å². The van der Waals surface area contributed by atoms with Crippen molar-refractivity contribution in [2.75, 3.05) is 33.5 Å². The molecular weight excluding hydrogens is 448 g/mol. The summed E-state index contributed by atoms with van der Waals surface area (Å²) in [7, 11) is 1.17. The molecule has 33 heavy (non-hydrogen) atoms. The Kier molecular flexibility index (Phi) is 8.80. The van der Waals surface area contributed by atoms with Gasteiger partial charge in [0.1, 0.15) is 30.5 Å². The van der Waals surface area contributed by atoms with Crippen LogP contribution in [0.3, 0.4) is 0 Å². The van der Waals surface area contributed by atoms with Crippen LogP contribution >= 0.6 is 0 Å². The predicted octanol–water partition coefficient (Wildman–Crippen LogP) is -3.88. The third kappa shape index (κ3) is 5.22. The lowest BCUT2D eigenvalue weighted by atomic mass is 9.82. The Morgan fingerprint density at radius 3 is 2.33 bits per heavy atom. The number of rotatable bonds is 9. The molecule has 1 aliphatic carbocycles. The zero-order valence-electron chi connectivity index (χ0n) is 17.8. The minimum absolute atomic E-state index is 0.0282. The number of ether oxygens (including phenoxy) is 5. The molecule has 2 heterocycles. The standard InChI is InChI=1S/C20H30O13/c1-29-18(28)10-6-31-19(13-8(3-21)2-11(24)14(10)13)33-20-17(27)16(26)15(25)12(32-20)7-30-9(4-22)5-23/h2,6,9,11-17,19-27H,3-5,7H2,1H3. The van der Waals surface area contributed by atoms with E-state index in [-0.39, 0.29) is 12.2 Å². The second-order valence-corrected chi connectivity index (χ2v) is 7.98. The van der Waals surface area contributed by atoms with E-state index in [1.165, 1.54) is 13.2 Å². The van der Waals surface area contributed by atoms with E-state index in [1.54, 1.807) is 0 Å². The summed E-state index contributed by atoms with van der Waals surface area (Å²) in [4.78, 5) is 12.1. The minimum Gasteiger partial charge on any atom is -0.471 e. The third-order valence-corrected chi connectivity index (χ3v) is 5.99. The average molecular weight is 478 g/mol. The van der Waals surface area contributed by atoms with Crippen LogP contribution in [0.1, 0.15) is 0 Å². The Balaban J connectivity index is 1.78. The van der Waals surface area contributed by atoms with E-state index in [0.717, 1.165) is 6.26 Å². The Labute approximate surface area is 189 Å². The maximum atomic E-state index is 12.1. The van der Waals surface area contributed by atoms with E-state index >= 15 is 0 Å². The smallest absolute Gasteiger partial charge is 0.337 e. The minimum atomic E-state index is -1.70. The van der Waals surface area contributed by atoms with Crippen LogP contribution in [0.5, 0.6) is 0 Å². The first-order valence-corrected chi connectivity index (χ1v) is 10.4. The number of hydrogen-bond acceptors (Lipinski definition) is 13. The molecule has 9 atom stereocenters. The predicted molar refractivity (Wildman–Crippen MR) is 105 cm³/mol. The Morgan fingerprint density at radius 1 is 1.03 bits per heavy atom. The maximum Gasteiger partial charge on any atom is 0.337 e. The summed E-state index contributed by atoms with van der Waals surface area (Å²) in [5.41, 5.74) is 0.354.